The number of nitrogens with zero attached hydrogens (tertiary/aromatic N) is 1. The van der Waals surface area contributed by atoms with Crippen LogP contribution < -0.4 is 4.89 Å². The van der Waals surface area contributed by atoms with Crippen LogP contribution in [0.25, 0.3) is 0 Å². The third-order valence-corrected chi connectivity index (χ3v) is 0.671. The molecule has 0 heterocycles. The van der Waals surface area contributed by atoms with Gasteiger partial charge in [-0.05, 0) is 4.57 Å². The molecule has 0 bridgehead atoms. The molecule has 0 rings (SSSR count). The second-order valence-electron chi connectivity index (χ2n) is 0.902. The summed E-state index contributed by atoms with van der Waals surface area (Å²) in [4.78, 5) is 18.6. The molecule has 1 unspecified atom stereocenters. The molecule has 0 amide bonds. The smallest absolute Gasteiger partial charge is 0.466 e. The van der Waals surface area contributed by atoms with Crippen molar-refractivity contribution in [2.75, 3.05) is 0 Å². The minimum Gasteiger partial charge on any atom is -0.571 e. The van der Waals surface area contributed by atoms with Crippen molar-refractivity contribution in [2.45, 2.75) is 0 Å². The molecule has 0 aromatic rings. The Morgan fingerprint density at radius 3 is 2.00 bits per heavy atom. The van der Waals surface area contributed by atoms with Crippen LogP contribution >= 0.6 is 8.18 Å². The van der Waals surface area contributed by atoms with Gasteiger partial charge < -0.3 is 4.89 Å². The van der Waals surface area contributed by atoms with E-state index < -0.39 is 20.2 Å². The van der Waals surface area contributed by atoms with Crippen molar-refractivity contribution < 1.29 is 23.0 Å². The second-order valence-corrected chi connectivity index (χ2v) is 1.58. The van der Waals surface area contributed by atoms with Crippen LogP contribution in [0.4, 0.5) is 8.78 Å². The van der Waals surface area contributed by atoms with E-state index in [4.69, 9.17) is 0 Å². The maximum Gasteiger partial charge on any atom is 0.466 e. The zero-order chi connectivity index (χ0) is 7.44. The summed E-state index contributed by atoms with van der Waals surface area (Å²) in [5.41, 5.74) is 0. The molecular weight excluding hydrogens is 162 g/mol. The van der Waals surface area contributed by atoms with Gasteiger partial charge in [-0.3, -0.25) is 4.79 Å². The van der Waals surface area contributed by atoms with E-state index in [1.165, 1.54) is 0 Å². The molecule has 0 aliphatic carbocycles. The van der Waals surface area contributed by atoms with E-state index in [0.717, 1.165) is 0 Å². The van der Waals surface area contributed by atoms with Gasteiger partial charge in [-0.1, -0.05) is 0 Å². The maximum atomic E-state index is 11.4. The molecule has 0 spiro atoms. The van der Waals surface area contributed by atoms with E-state index >= 15 is 0 Å². The number of carbonyl (C=O) groups excluding carboxylic acids is 1. The SMILES string of the molecule is O=C(F)C(F)=N[P+](=O)[O-].[Li]. The van der Waals surface area contributed by atoms with Gasteiger partial charge in [-0.15, -0.1) is 0 Å². The average Bonchev–Trinajstić information content (AvgIpc) is 1.63. The minimum absolute atomic E-state index is 0. The molecule has 10 heavy (non-hydrogen) atoms. The van der Waals surface area contributed by atoms with Crippen molar-refractivity contribution >= 4 is 39.0 Å². The van der Waals surface area contributed by atoms with Crippen LogP contribution in [0.15, 0.2) is 4.76 Å². The number of carbonyl (C=O) groups is 1. The van der Waals surface area contributed by atoms with Gasteiger partial charge in [-0.2, -0.15) is 8.78 Å². The first-order chi connectivity index (χ1) is 4.04. The number of rotatable bonds is 2. The van der Waals surface area contributed by atoms with E-state index in [0.29, 0.717) is 0 Å². The van der Waals surface area contributed by atoms with Crippen LogP contribution in [-0.4, -0.2) is 30.9 Å². The molecule has 0 N–H and O–H groups in total. The van der Waals surface area contributed by atoms with E-state index in [2.05, 4.69) is 0 Å². The van der Waals surface area contributed by atoms with Gasteiger partial charge in [0.1, 0.15) is 0 Å². The predicted octanol–water partition coefficient (Wildman–Crippen LogP) is -0.513. The monoisotopic (exact) mass is 162 g/mol. The van der Waals surface area contributed by atoms with Crippen molar-refractivity contribution in [1.29, 1.82) is 0 Å². The van der Waals surface area contributed by atoms with Crippen LogP contribution in [-0.2, 0) is 9.36 Å². The Kier molecular flexibility index (Phi) is 7.05. The Balaban J connectivity index is 0. The van der Waals surface area contributed by atoms with Gasteiger partial charge in [0.25, 0.3) is 0 Å². The summed E-state index contributed by atoms with van der Waals surface area (Å²) in [5, 5.41) is 0. The molecule has 51 valence electrons. The molecule has 0 saturated heterocycles. The Bertz CT molecular complexity index is 183. The Morgan fingerprint density at radius 2 is 1.90 bits per heavy atom. The maximum absolute atomic E-state index is 11.4. The minimum atomic E-state index is -3.42. The third kappa shape index (κ3) is 5.98. The van der Waals surface area contributed by atoms with Gasteiger partial charge in [0, 0.05) is 23.6 Å². The number of halogens is 2. The van der Waals surface area contributed by atoms with Gasteiger partial charge in [-0.25, -0.2) is 0 Å². The summed E-state index contributed by atoms with van der Waals surface area (Å²) in [5.74, 6) is -2.15. The first-order valence-corrected chi connectivity index (χ1v) is 2.75. The first-order valence-electron chi connectivity index (χ1n) is 1.62. The summed E-state index contributed by atoms with van der Waals surface area (Å²) in [6.07, 6.45) is 0. The summed E-state index contributed by atoms with van der Waals surface area (Å²) in [6.45, 7) is 0. The van der Waals surface area contributed by atoms with Crippen molar-refractivity contribution in [1.82, 2.24) is 0 Å². The van der Waals surface area contributed by atoms with Crippen molar-refractivity contribution in [3.8, 4) is 0 Å². The van der Waals surface area contributed by atoms with E-state index in [1.54, 1.807) is 0 Å². The predicted molar refractivity (Wildman–Crippen MR) is 28.0 cm³/mol. The Labute approximate surface area is 67.4 Å². The third-order valence-electron chi connectivity index (χ3n) is 0.332. The standard InChI is InChI=1S/C2F2NO3P.Li/c3-1(2(4)6)5-9(7)8;. The van der Waals surface area contributed by atoms with E-state index in [1.807, 2.05) is 4.76 Å². The Hall–Kier alpha value is -0.143. The largest absolute Gasteiger partial charge is 0.571 e. The molecule has 0 fully saturated rings. The molecule has 1 atom stereocenters. The zero-order valence-corrected chi connectivity index (χ0v) is 5.77. The van der Waals surface area contributed by atoms with Crippen LogP contribution in [0.2, 0.25) is 0 Å². The van der Waals surface area contributed by atoms with Crippen molar-refractivity contribution in [3.05, 3.63) is 0 Å². The quantitative estimate of drug-likeness (QED) is 0.237. The second kappa shape index (κ2) is 5.63. The van der Waals surface area contributed by atoms with E-state index in [9.17, 15) is 23.0 Å². The van der Waals surface area contributed by atoms with Gasteiger partial charge in [0.2, 0.25) is 0 Å². The van der Waals surface area contributed by atoms with Crippen molar-refractivity contribution in [3.63, 3.8) is 0 Å². The fraction of sp³-hybridized carbons (Fsp3) is 0. The summed E-state index contributed by atoms with van der Waals surface area (Å²) < 4.78 is 33.8. The fourth-order valence-corrected chi connectivity index (χ4v) is 0.333. The normalized spacial score (nSPS) is 11.9. The Morgan fingerprint density at radius 1 is 1.50 bits per heavy atom. The summed E-state index contributed by atoms with van der Waals surface area (Å²) in [6, 6.07) is -2.49. The fourth-order valence-electron chi connectivity index (χ4n) is 0.111. The first kappa shape index (κ1) is 12.5. The molecule has 4 nitrogen and oxygen atoms in total. The molecule has 1 radical (unpaired) electrons. The average molecular weight is 162 g/mol. The molecule has 0 saturated carbocycles. The zero-order valence-electron chi connectivity index (χ0n) is 4.88. The van der Waals surface area contributed by atoms with Crippen LogP contribution in [0.3, 0.4) is 0 Å². The van der Waals surface area contributed by atoms with Crippen molar-refractivity contribution in [2.24, 2.45) is 4.76 Å². The molecular formula is C2F2LiNO3P. The van der Waals surface area contributed by atoms with Crippen LogP contribution in [0, 0.1) is 0 Å². The van der Waals surface area contributed by atoms with Gasteiger partial charge in [0.05, 0.1) is 0 Å². The molecule has 0 aliphatic rings. The van der Waals surface area contributed by atoms with Gasteiger partial charge >= 0.3 is 20.2 Å². The summed E-state index contributed by atoms with van der Waals surface area (Å²) in [7, 11) is -3.42. The molecule has 0 aromatic heterocycles. The number of hydrogen-bond acceptors (Lipinski definition) is 3. The summed E-state index contributed by atoms with van der Waals surface area (Å²) >= 11 is 0. The molecule has 0 aromatic carbocycles. The van der Waals surface area contributed by atoms with E-state index in [-0.39, 0.29) is 18.9 Å². The number of hydrogen-bond donors (Lipinski definition) is 0. The molecule has 0 aliphatic heterocycles. The van der Waals surface area contributed by atoms with Gasteiger partial charge in [0.15, 0.2) is 0 Å². The van der Waals surface area contributed by atoms with Crippen LogP contribution in [0.5, 0.6) is 0 Å². The topological polar surface area (TPSA) is 69.6 Å². The molecule has 8 heteroatoms. The van der Waals surface area contributed by atoms with Crippen LogP contribution in [0.1, 0.15) is 0 Å².